The van der Waals surface area contributed by atoms with Crippen molar-refractivity contribution in [1.29, 1.82) is 0 Å². The van der Waals surface area contributed by atoms with Crippen LogP contribution in [0.2, 0.25) is 0 Å². The van der Waals surface area contributed by atoms with Crippen LogP contribution in [0.4, 0.5) is 0 Å². The Morgan fingerprint density at radius 2 is 2.33 bits per heavy atom. The normalized spacial score (nSPS) is 25.5. The van der Waals surface area contributed by atoms with Gasteiger partial charge in [0.1, 0.15) is 6.04 Å². The predicted molar refractivity (Wildman–Crippen MR) is 59.9 cm³/mol. The largest absolute Gasteiger partial charge is 0.480 e. The molecular formula is C11H22N2O2. The van der Waals surface area contributed by atoms with E-state index in [2.05, 4.69) is 11.9 Å². The van der Waals surface area contributed by atoms with E-state index in [4.69, 9.17) is 5.11 Å². The van der Waals surface area contributed by atoms with Crippen LogP contribution < -0.4 is 0 Å². The molecule has 1 heterocycles. The molecule has 0 bridgehead atoms. The fourth-order valence-electron chi connectivity index (χ4n) is 2.18. The zero-order valence-corrected chi connectivity index (χ0v) is 9.94. The van der Waals surface area contributed by atoms with Crippen molar-refractivity contribution < 1.29 is 9.90 Å². The molecule has 88 valence electrons. The van der Waals surface area contributed by atoms with Crippen LogP contribution in [-0.2, 0) is 4.79 Å². The molecule has 0 aromatic heterocycles. The molecule has 0 aromatic carbocycles. The van der Waals surface area contributed by atoms with Crippen molar-refractivity contribution in [3.05, 3.63) is 0 Å². The average Bonchev–Trinajstić information content (AvgIpc) is 2.16. The third-order valence-corrected chi connectivity index (χ3v) is 3.29. The third-order valence-electron chi connectivity index (χ3n) is 3.29. The highest BCUT2D eigenvalue weighted by atomic mass is 16.4. The Morgan fingerprint density at radius 1 is 1.67 bits per heavy atom. The third kappa shape index (κ3) is 3.80. The van der Waals surface area contributed by atoms with Gasteiger partial charge in [-0.25, -0.2) is 0 Å². The van der Waals surface area contributed by atoms with Crippen LogP contribution in [-0.4, -0.2) is 60.6 Å². The minimum Gasteiger partial charge on any atom is -0.480 e. The highest BCUT2D eigenvalue weighted by Crippen LogP contribution is 2.16. The number of likely N-dealkylation sites (tertiary alicyclic amines) is 1. The Balaban J connectivity index is 2.36. The van der Waals surface area contributed by atoms with Gasteiger partial charge in [0.05, 0.1) is 0 Å². The summed E-state index contributed by atoms with van der Waals surface area (Å²) < 4.78 is 0. The number of piperidine rings is 1. The van der Waals surface area contributed by atoms with Crippen molar-refractivity contribution in [1.82, 2.24) is 9.80 Å². The molecule has 0 spiro atoms. The second-order valence-corrected chi connectivity index (χ2v) is 4.72. The van der Waals surface area contributed by atoms with Crippen molar-refractivity contribution in [2.75, 3.05) is 33.7 Å². The van der Waals surface area contributed by atoms with E-state index in [0.717, 1.165) is 13.1 Å². The number of carboxylic acid groups (broad SMARTS) is 1. The lowest BCUT2D eigenvalue weighted by molar-refractivity contribution is -0.142. The Labute approximate surface area is 91.9 Å². The van der Waals surface area contributed by atoms with Gasteiger partial charge in [-0.15, -0.1) is 0 Å². The maximum absolute atomic E-state index is 10.8. The standard InChI is InChI=1S/C11H22N2O2/c1-9(11(14)15)13(3)8-10-5-4-6-12(2)7-10/h9-10H,4-8H2,1-3H3,(H,14,15). The summed E-state index contributed by atoms with van der Waals surface area (Å²) in [6.07, 6.45) is 2.46. The second-order valence-electron chi connectivity index (χ2n) is 4.72. The van der Waals surface area contributed by atoms with E-state index in [1.54, 1.807) is 6.92 Å². The lowest BCUT2D eigenvalue weighted by atomic mass is 9.97. The van der Waals surface area contributed by atoms with Gasteiger partial charge in [-0.3, -0.25) is 9.69 Å². The zero-order valence-electron chi connectivity index (χ0n) is 9.94. The maximum Gasteiger partial charge on any atom is 0.320 e. The molecule has 0 amide bonds. The smallest absolute Gasteiger partial charge is 0.320 e. The van der Waals surface area contributed by atoms with E-state index in [-0.39, 0.29) is 6.04 Å². The molecule has 2 atom stereocenters. The van der Waals surface area contributed by atoms with E-state index in [9.17, 15) is 4.79 Å². The number of hydrogen-bond donors (Lipinski definition) is 1. The van der Waals surface area contributed by atoms with Crippen LogP contribution in [0.3, 0.4) is 0 Å². The fraction of sp³-hybridized carbons (Fsp3) is 0.909. The molecule has 0 radical (unpaired) electrons. The monoisotopic (exact) mass is 214 g/mol. The topological polar surface area (TPSA) is 43.8 Å². The van der Waals surface area contributed by atoms with Crippen LogP contribution in [0.5, 0.6) is 0 Å². The van der Waals surface area contributed by atoms with Crippen molar-refractivity contribution in [3.8, 4) is 0 Å². The van der Waals surface area contributed by atoms with Gasteiger partial charge < -0.3 is 10.0 Å². The zero-order chi connectivity index (χ0) is 11.4. The van der Waals surface area contributed by atoms with Gasteiger partial charge in [0.2, 0.25) is 0 Å². The number of nitrogens with zero attached hydrogens (tertiary/aromatic N) is 2. The Morgan fingerprint density at radius 3 is 2.87 bits per heavy atom. The van der Waals surface area contributed by atoms with Gasteiger partial charge in [-0.1, -0.05) is 0 Å². The Kier molecular flexibility index (Phi) is 4.54. The fourth-order valence-corrected chi connectivity index (χ4v) is 2.18. The second kappa shape index (κ2) is 5.47. The van der Waals surface area contributed by atoms with Gasteiger partial charge in [0, 0.05) is 13.1 Å². The summed E-state index contributed by atoms with van der Waals surface area (Å²) >= 11 is 0. The summed E-state index contributed by atoms with van der Waals surface area (Å²) in [5.41, 5.74) is 0. The average molecular weight is 214 g/mol. The summed E-state index contributed by atoms with van der Waals surface area (Å²) in [4.78, 5) is 15.1. The number of rotatable bonds is 4. The number of likely N-dealkylation sites (N-methyl/N-ethyl adjacent to an activating group) is 1. The van der Waals surface area contributed by atoms with Gasteiger partial charge >= 0.3 is 5.97 Å². The minimum absolute atomic E-state index is 0.378. The van der Waals surface area contributed by atoms with Crippen LogP contribution in [0, 0.1) is 5.92 Å². The first-order valence-corrected chi connectivity index (χ1v) is 5.62. The van der Waals surface area contributed by atoms with E-state index < -0.39 is 5.97 Å². The first-order valence-electron chi connectivity index (χ1n) is 5.62. The lowest BCUT2D eigenvalue weighted by Crippen LogP contribution is -2.43. The molecule has 1 saturated heterocycles. The van der Waals surface area contributed by atoms with Crippen molar-refractivity contribution >= 4 is 5.97 Å². The minimum atomic E-state index is -0.735. The van der Waals surface area contributed by atoms with E-state index in [0.29, 0.717) is 5.92 Å². The molecule has 15 heavy (non-hydrogen) atoms. The summed E-state index contributed by atoms with van der Waals surface area (Å²) in [5.74, 6) is -0.114. The molecule has 0 aliphatic carbocycles. The van der Waals surface area contributed by atoms with Crippen molar-refractivity contribution in [2.45, 2.75) is 25.8 Å². The highest BCUT2D eigenvalue weighted by Gasteiger charge is 2.23. The van der Waals surface area contributed by atoms with Crippen LogP contribution in [0.1, 0.15) is 19.8 Å². The van der Waals surface area contributed by atoms with Gasteiger partial charge in [0.15, 0.2) is 0 Å². The molecular weight excluding hydrogens is 192 g/mol. The molecule has 1 fully saturated rings. The molecule has 1 rings (SSSR count). The lowest BCUT2D eigenvalue weighted by Gasteiger charge is -2.33. The van der Waals surface area contributed by atoms with Gasteiger partial charge in [-0.2, -0.15) is 0 Å². The van der Waals surface area contributed by atoms with E-state index >= 15 is 0 Å². The summed E-state index contributed by atoms with van der Waals surface area (Å²) in [6.45, 7) is 4.90. The van der Waals surface area contributed by atoms with Gasteiger partial charge in [0.25, 0.3) is 0 Å². The molecule has 1 aliphatic rings. The highest BCUT2D eigenvalue weighted by molar-refractivity contribution is 5.72. The van der Waals surface area contributed by atoms with Gasteiger partial charge in [-0.05, 0) is 46.3 Å². The molecule has 1 N–H and O–H groups in total. The number of aliphatic carboxylic acids is 1. The molecule has 1 aliphatic heterocycles. The molecule has 2 unspecified atom stereocenters. The number of carboxylic acids is 1. The van der Waals surface area contributed by atoms with E-state index in [1.807, 2.05) is 11.9 Å². The van der Waals surface area contributed by atoms with Crippen LogP contribution >= 0.6 is 0 Å². The maximum atomic E-state index is 10.8. The van der Waals surface area contributed by atoms with Crippen LogP contribution in [0.25, 0.3) is 0 Å². The number of hydrogen-bond acceptors (Lipinski definition) is 3. The predicted octanol–water partition coefficient (Wildman–Crippen LogP) is 0.733. The summed E-state index contributed by atoms with van der Waals surface area (Å²) in [6, 6.07) is -0.378. The van der Waals surface area contributed by atoms with Crippen molar-refractivity contribution in [3.63, 3.8) is 0 Å². The number of carbonyl (C=O) groups is 1. The summed E-state index contributed by atoms with van der Waals surface area (Å²) in [5, 5.41) is 8.88. The van der Waals surface area contributed by atoms with E-state index in [1.165, 1.54) is 19.4 Å². The SMILES string of the molecule is CC(C(=O)O)N(C)CC1CCCN(C)C1. The molecule has 4 nitrogen and oxygen atoms in total. The van der Waals surface area contributed by atoms with Crippen molar-refractivity contribution in [2.24, 2.45) is 5.92 Å². The summed E-state index contributed by atoms with van der Waals surface area (Å²) in [7, 11) is 4.03. The first kappa shape index (κ1) is 12.5. The molecule has 0 saturated carbocycles. The Hall–Kier alpha value is -0.610. The van der Waals surface area contributed by atoms with Crippen LogP contribution in [0.15, 0.2) is 0 Å². The quantitative estimate of drug-likeness (QED) is 0.749. The Bertz CT molecular complexity index is 221. The molecule has 4 heteroatoms. The molecule has 0 aromatic rings. The first-order chi connectivity index (χ1) is 7.00.